The molecule has 0 aliphatic carbocycles. The molecule has 0 aliphatic rings. The van der Waals surface area contributed by atoms with E-state index in [9.17, 15) is 4.79 Å². The Balaban J connectivity index is 4.18. The van der Waals surface area contributed by atoms with Crippen LogP contribution in [0.4, 0.5) is 0 Å². The third kappa shape index (κ3) is 5.99. The first kappa shape index (κ1) is 13.5. The molecule has 0 fully saturated rings. The maximum absolute atomic E-state index is 11.5. The topological polar surface area (TPSA) is 58.6 Å². The van der Waals surface area contributed by atoms with Crippen molar-refractivity contribution in [2.24, 2.45) is 0 Å². The van der Waals surface area contributed by atoms with Crippen LogP contribution >= 0.6 is 0 Å². The van der Waals surface area contributed by atoms with Crippen molar-refractivity contribution >= 4 is 13.0 Å². The number of ether oxygens (including phenoxy) is 1. The summed E-state index contributed by atoms with van der Waals surface area (Å²) in [5, 5.41) is 11.8. The molecule has 0 saturated carbocycles. The van der Waals surface area contributed by atoms with Crippen molar-refractivity contribution in [1.29, 1.82) is 0 Å². The molecule has 0 spiro atoms. The molecule has 5 heteroatoms. The third-order valence-corrected chi connectivity index (χ3v) is 1.54. The van der Waals surface area contributed by atoms with Crippen LogP contribution in [0.25, 0.3) is 0 Å². The standard InChI is InChI=1S/C9H20BNO3/c1-6-7(11-10(5)13)8(12)14-9(2,3)4/h7,11,13H,6H2,1-5H3/t7-/m0/s1. The van der Waals surface area contributed by atoms with Gasteiger partial charge in [-0.1, -0.05) is 6.92 Å². The van der Waals surface area contributed by atoms with Gasteiger partial charge in [0, 0.05) is 0 Å². The van der Waals surface area contributed by atoms with Gasteiger partial charge in [-0.15, -0.1) is 0 Å². The lowest BCUT2D eigenvalue weighted by Crippen LogP contribution is -2.46. The molecule has 0 rings (SSSR count). The van der Waals surface area contributed by atoms with E-state index in [1.807, 2.05) is 27.7 Å². The second-order valence-electron chi connectivity index (χ2n) is 4.34. The van der Waals surface area contributed by atoms with Gasteiger partial charge in [-0.25, -0.2) is 0 Å². The van der Waals surface area contributed by atoms with E-state index in [2.05, 4.69) is 5.23 Å². The number of esters is 1. The van der Waals surface area contributed by atoms with Crippen molar-refractivity contribution in [3.05, 3.63) is 0 Å². The first-order valence-corrected chi connectivity index (χ1v) is 4.93. The summed E-state index contributed by atoms with van der Waals surface area (Å²) in [4.78, 5) is 11.5. The van der Waals surface area contributed by atoms with E-state index in [1.165, 1.54) is 0 Å². The number of carbonyl (C=O) groups is 1. The Morgan fingerprint density at radius 3 is 2.36 bits per heavy atom. The molecule has 2 N–H and O–H groups in total. The number of rotatable bonds is 4. The molecule has 0 aromatic rings. The zero-order chi connectivity index (χ0) is 11.4. The Morgan fingerprint density at radius 1 is 1.57 bits per heavy atom. The Kier molecular flexibility index (Phi) is 5.16. The number of nitrogens with one attached hydrogen (secondary N) is 1. The molecule has 0 saturated heterocycles. The van der Waals surface area contributed by atoms with E-state index in [1.54, 1.807) is 6.82 Å². The quantitative estimate of drug-likeness (QED) is 0.521. The summed E-state index contributed by atoms with van der Waals surface area (Å²) in [5.41, 5.74) is -0.481. The lowest BCUT2D eigenvalue weighted by Gasteiger charge is -2.24. The number of hydrogen-bond acceptors (Lipinski definition) is 4. The molecular weight excluding hydrogens is 181 g/mol. The van der Waals surface area contributed by atoms with E-state index >= 15 is 0 Å². The smallest absolute Gasteiger partial charge is 0.374 e. The van der Waals surface area contributed by atoms with Gasteiger partial charge in [0.2, 0.25) is 0 Å². The van der Waals surface area contributed by atoms with Crippen LogP contribution < -0.4 is 5.23 Å². The highest BCUT2D eigenvalue weighted by Gasteiger charge is 2.25. The van der Waals surface area contributed by atoms with Crippen molar-refractivity contribution in [2.75, 3.05) is 0 Å². The van der Waals surface area contributed by atoms with Crippen LogP contribution in [-0.4, -0.2) is 29.7 Å². The van der Waals surface area contributed by atoms with Crippen LogP contribution in [0.3, 0.4) is 0 Å². The van der Waals surface area contributed by atoms with Crippen LogP contribution in [0.5, 0.6) is 0 Å². The zero-order valence-corrected chi connectivity index (χ0v) is 9.63. The zero-order valence-electron chi connectivity index (χ0n) is 9.63. The van der Waals surface area contributed by atoms with Crippen molar-refractivity contribution in [3.8, 4) is 0 Å². The molecule has 4 nitrogen and oxygen atoms in total. The predicted molar refractivity (Wildman–Crippen MR) is 56.9 cm³/mol. The third-order valence-electron chi connectivity index (χ3n) is 1.54. The molecule has 0 bridgehead atoms. The van der Waals surface area contributed by atoms with Crippen LogP contribution in [0.1, 0.15) is 34.1 Å². The molecule has 0 radical (unpaired) electrons. The van der Waals surface area contributed by atoms with Crippen LogP contribution in [0.2, 0.25) is 6.82 Å². The Hall–Kier alpha value is -0.545. The molecule has 14 heavy (non-hydrogen) atoms. The fourth-order valence-corrected chi connectivity index (χ4v) is 1.02. The fraction of sp³-hybridized carbons (Fsp3) is 0.889. The minimum atomic E-state index is -0.701. The second kappa shape index (κ2) is 5.36. The van der Waals surface area contributed by atoms with Gasteiger partial charge in [0.25, 0.3) is 0 Å². The Bertz CT molecular complexity index is 189. The van der Waals surface area contributed by atoms with E-state index < -0.39 is 18.7 Å². The molecule has 1 atom stereocenters. The molecule has 82 valence electrons. The summed E-state index contributed by atoms with van der Waals surface area (Å²) in [6.45, 7) is 8.90. The van der Waals surface area contributed by atoms with Gasteiger partial charge in [-0.05, 0) is 34.0 Å². The van der Waals surface area contributed by atoms with E-state index in [0.717, 1.165) is 0 Å². The fourth-order valence-electron chi connectivity index (χ4n) is 1.02. The summed E-state index contributed by atoms with van der Waals surface area (Å²) in [5.74, 6) is -0.319. The molecule has 0 unspecified atom stereocenters. The molecule has 0 amide bonds. The van der Waals surface area contributed by atoms with Gasteiger partial charge in [0.15, 0.2) is 0 Å². The van der Waals surface area contributed by atoms with E-state index in [-0.39, 0.29) is 5.97 Å². The molecule has 0 aliphatic heterocycles. The second-order valence-corrected chi connectivity index (χ2v) is 4.34. The average molecular weight is 201 g/mol. The Morgan fingerprint density at radius 2 is 2.07 bits per heavy atom. The van der Waals surface area contributed by atoms with Crippen molar-refractivity contribution in [1.82, 2.24) is 5.23 Å². The highest BCUT2D eigenvalue weighted by Crippen LogP contribution is 2.09. The summed E-state index contributed by atoms with van der Waals surface area (Å²) in [6, 6.07) is -0.436. The van der Waals surface area contributed by atoms with Crippen molar-refractivity contribution in [2.45, 2.75) is 52.6 Å². The van der Waals surface area contributed by atoms with Gasteiger partial charge in [0.1, 0.15) is 5.60 Å². The van der Waals surface area contributed by atoms with Crippen molar-refractivity contribution in [3.63, 3.8) is 0 Å². The summed E-state index contributed by atoms with van der Waals surface area (Å²) >= 11 is 0. The largest absolute Gasteiger partial charge is 0.459 e. The van der Waals surface area contributed by atoms with Gasteiger partial charge in [-0.3, -0.25) is 4.79 Å². The SMILES string of the molecule is CC[C@H](NB(C)O)C(=O)OC(C)(C)C. The van der Waals surface area contributed by atoms with Gasteiger partial charge < -0.3 is 15.0 Å². The van der Waals surface area contributed by atoms with Gasteiger partial charge >= 0.3 is 13.0 Å². The summed E-state index contributed by atoms with van der Waals surface area (Å²) < 4.78 is 5.18. The first-order chi connectivity index (χ1) is 6.26. The Labute approximate surface area is 86.2 Å². The number of carbonyl (C=O) groups excluding carboxylic acids is 1. The molecular formula is C9H20BNO3. The van der Waals surface area contributed by atoms with Crippen molar-refractivity contribution < 1.29 is 14.6 Å². The maximum atomic E-state index is 11.5. The average Bonchev–Trinajstić information content (AvgIpc) is 1.96. The minimum absolute atomic E-state index is 0.319. The number of hydrogen-bond donors (Lipinski definition) is 2. The normalized spacial score (nSPS) is 13.6. The highest BCUT2D eigenvalue weighted by atomic mass is 16.6. The lowest BCUT2D eigenvalue weighted by atomic mass is 9.87. The predicted octanol–water partition coefficient (Wildman–Crippen LogP) is 0.807. The maximum Gasteiger partial charge on any atom is 0.374 e. The van der Waals surface area contributed by atoms with Crippen LogP contribution in [-0.2, 0) is 9.53 Å². The monoisotopic (exact) mass is 201 g/mol. The van der Waals surface area contributed by atoms with Crippen LogP contribution in [0.15, 0.2) is 0 Å². The molecule has 0 aromatic heterocycles. The first-order valence-electron chi connectivity index (χ1n) is 4.93. The van der Waals surface area contributed by atoms with Gasteiger partial charge in [0.05, 0.1) is 6.04 Å². The summed E-state index contributed by atoms with van der Waals surface area (Å²) in [7, 11) is -0.701. The van der Waals surface area contributed by atoms with Crippen LogP contribution in [0, 0.1) is 0 Å². The van der Waals surface area contributed by atoms with Gasteiger partial charge in [-0.2, -0.15) is 0 Å². The molecule has 0 aromatic carbocycles. The highest BCUT2D eigenvalue weighted by molar-refractivity contribution is 6.46. The van der Waals surface area contributed by atoms with E-state index in [4.69, 9.17) is 9.76 Å². The minimum Gasteiger partial charge on any atom is -0.459 e. The molecule has 0 heterocycles. The van der Waals surface area contributed by atoms with E-state index in [0.29, 0.717) is 6.42 Å². The lowest BCUT2D eigenvalue weighted by molar-refractivity contribution is -0.157. The summed E-state index contributed by atoms with van der Waals surface area (Å²) in [6.07, 6.45) is 0.597.